The van der Waals surface area contributed by atoms with Gasteiger partial charge < -0.3 is 19.5 Å². The Bertz CT molecular complexity index is 833. The molecule has 1 N–H and O–H groups in total. The van der Waals surface area contributed by atoms with Gasteiger partial charge >= 0.3 is 6.09 Å². The van der Waals surface area contributed by atoms with Crippen LogP contribution in [0.1, 0.15) is 40.0 Å². The number of carbonyl (C=O) groups excluding carboxylic acids is 3. The molecular formula is C23H33N3O7. The van der Waals surface area contributed by atoms with Gasteiger partial charge in [0.1, 0.15) is 5.75 Å². The van der Waals surface area contributed by atoms with Crippen LogP contribution in [0.5, 0.6) is 5.75 Å². The standard InChI is InChI=1S/C21H29N3O5.C2H4O2/c1-3-5-14-29-18-9-7-6-8-16(18)24-19(25)15-17(20(24)26)22-10-12-23(13-11-22)21(27)28-4-2;1-2(3)4/h6-9,17H,3-5,10-15H2,1-2H3;1H3,(H,3,4). The zero-order valence-corrected chi connectivity index (χ0v) is 19.5. The van der Waals surface area contributed by atoms with Crippen LogP contribution >= 0.6 is 0 Å². The molecule has 0 bridgehead atoms. The normalized spacial score (nSPS) is 18.6. The van der Waals surface area contributed by atoms with Crippen molar-refractivity contribution < 1.29 is 33.8 Å². The Labute approximate surface area is 194 Å². The summed E-state index contributed by atoms with van der Waals surface area (Å²) in [6.45, 7) is 7.84. The van der Waals surface area contributed by atoms with E-state index in [0.29, 0.717) is 50.8 Å². The molecule has 0 radical (unpaired) electrons. The Morgan fingerprint density at radius 2 is 1.73 bits per heavy atom. The second kappa shape index (κ2) is 12.8. The number of ether oxygens (including phenoxy) is 2. The van der Waals surface area contributed by atoms with E-state index < -0.39 is 12.0 Å². The lowest BCUT2D eigenvalue weighted by atomic mass is 10.2. The zero-order valence-electron chi connectivity index (χ0n) is 19.5. The number of rotatable bonds is 7. The van der Waals surface area contributed by atoms with Gasteiger partial charge in [-0.05, 0) is 25.5 Å². The lowest BCUT2D eigenvalue weighted by Gasteiger charge is -2.36. The number of piperazine rings is 1. The highest BCUT2D eigenvalue weighted by Gasteiger charge is 2.44. The van der Waals surface area contributed by atoms with Crippen LogP contribution in [-0.4, -0.2) is 84.2 Å². The average Bonchev–Trinajstić information content (AvgIpc) is 3.08. The molecule has 0 spiro atoms. The summed E-state index contributed by atoms with van der Waals surface area (Å²) in [6, 6.07) is 6.67. The fraction of sp³-hybridized carbons (Fsp3) is 0.565. The molecule has 3 amide bonds. The van der Waals surface area contributed by atoms with E-state index in [2.05, 4.69) is 6.92 Å². The van der Waals surface area contributed by atoms with Crippen LogP contribution in [0.4, 0.5) is 10.5 Å². The molecule has 0 saturated carbocycles. The summed E-state index contributed by atoms with van der Waals surface area (Å²) in [6.07, 6.45) is 1.72. The van der Waals surface area contributed by atoms with Crippen molar-refractivity contribution in [2.75, 3.05) is 44.3 Å². The summed E-state index contributed by atoms with van der Waals surface area (Å²) in [5, 5.41) is 7.42. The van der Waals surface area contributed by atoms with Crippen molar-refractivity contribution in [3.8, 4) is 5.75 Å². The van der Waals surface area contributed by atoms with Crippen molar-refractivity contribution in [3.05, 3.63) is 24.3 Å². The number of unbranched alkanes of at least 4 members (excludes halogenated alkanes) is 1. The molecule has 182 valence electrons. The summed E-state index contributed by atoms with van der Waals surface area (Å²) in [7, 11) is 0. The summed E-state index contributed by atoms with van der Waals surface area (Å²) >= 11 is 0. The highest BCUT2D eigenvalue weighted by atomic mass is 16.6. The van der Waals surface area contributed by atoms with Gasteiger partial charge in [-0.1, -0.05) is 25.5 Å². The third-order valence-electron chi connectivity index (χ3n) is 5.27. The lowest BCUT2D eigenvalue weighted by molar-refractivity contribution is -0.134. The third kappa shape index (κ3) is 7.18. The SMILES string of the molecule is CC(=O)O.CCCCOc1ccccc1N1C(=O)CC(N2CCN(C(=O)OCC)CC2)C1=O. The van der Waals surface area contributed by atoms with Crippen molar-refractivity contribution in [2.24, 2.45) is 0 Å². The maximum Gasteiger partial charge on any atom is 0.409 e. The minimum Gasteiger partial charge on any atom is -0.491 e. The number of nitrogens with zero attached hydrogens (tertiary/aromatic N) is 3. The number of imide groups is 1. The predicted molar refractivity (Wildman–Crippen MR) is 121 cm³/mol. The van der Waals surface area contributed by atoms with Gasteiger partial charge in [0.15, 0.2) is 0 Å². The van der Waals surface area contributed by atoms with E-state index in [1.165, 1.54) is 4.90 Å². The molecule has 1 unspecified atom stereocenters. The van der Waals surface area contributed by atoms with Crippen LogP contribution in [0.3, 0.4) is 0 Å². The molecule has 10 nitrogen and oxygen atoms in total. The number of carboxylic acids is 1. The van der Waals surface area contributed by atoms with Gasteiger partial charge in [-0.25, -0.2) is 9.69 Å². The van der Waals surface area contributed by atoms with Gasteiger partial charge in [-0.3, -0.25) is 19.3 Å². The van der Waals surface area contributed by atoms with E-state index >= 15 is 0 Å². The summed E-state index contributed by atoms with van der Waals surface area (Å²) < 4.78 is 10.8. The fourth-order valence-electron chi connectivity index (χ4n) is 3.68. The molecule has 1 atom stereocenters. The van der Waals surface area contributed by atoms with Crippen molar-refractivity contribution >= 4 is 29.6 Å². The molecule has 1 aromatic rings. The van der Waals surface area contributed by atoms with Crippen molar-refractivity contribution in [3.63, 3.8) is 0 Å². The van der Waals surface area contributed by atoms with E-state index in [-0.39, 0.29) is 24.3 Å². The molecule has 2 fully saturated rings. The number of anilines is 1. The van der Waals surface area contributed by atoms with E-state index in [9.17, 15) is 14.4 Å². The lowest BCUT2D eigenvalue weighted by Crippen LogP contribution is -2.54. The Morgan fingerprint density at radius 1 is 1.09 bits per heavy atom. The molecule has 0 aliphatic carbocycles. The number of benzene rings is 1. The predicted octanol–water partition coefficient (Wildman–Crippen LogP) is 2.36. The van der Waals surface area contributed by atoms with Crippen LogP contribution in [0.2, 0.25) is 0 Å². The van der Waals surface area contributed by atoms with Gasteiger partial charge in [0.05, 0.1) is 31.4 Å². The molecule has 2 aliphatic rings. The van der Waals surface area contributed by atoms with Gasteiger partial charge in [-0.15, -0.1) is 0 Å². The second-order valence-electron chi connectivity index (χ2n) is 7.70. The fourth-order valence-corrected chi connectivity index (χ4v) is 3.68. The molecular weight excluding hydrogens is 430 g/mol. The molecule has 2 heterocycles. The van der Waals surface area contributed by atoms with Crippen molar-refractivity contribution in [1.82, 2.24) is 9.80 Å². The number of hydrogen-bond donors (Lipinski definition) is 1. The first kappa shape index (κ1) is 26.1. The Hall–Kier alpha value is -3.14. The van der Waals surface area contributed by atoms with Crippen LogP contribution in [0.15, 0.2) is 24.3 Å². The van der Waals surface area contributed by atoms with Gasteiger partial charge in [0.25, 0.3) is 11.9 Å². The van der Waals surface area contributed by atoms with Crippen molar-refractivity contribution in [2.45, 2.75) is 46.1 Å². The minimum absolute atomic E-state index is 0.140. The molecule has 10 heteroatoms. The number of amides is 3. The smallest absolute Gasteiger partial charge is 0.409 e. The van der Waals surface area contributed by atoms with Crippen molar-refractivity contribution in [1.29, 1.82) is 0 Å². The van der Waals surface area contributed by atoms with Gasteiger partial charge in [0.2, 0.25) is 5.91 Å². The Kier molecular flexibility index (Phi) is 10.1. The zero-order chi connectivity index (χ0) is 24.4. The van der Waals surface area contributed by atoms with E-state index in [0.717, 1.165) is 19.8 Å². The maximum atomic E-state index is 13.1. The summed E-state index contributed by atoms with van der Waals surface area (Å²) in [4.78, 5) is 51.6. The molecule has 2 saturated heterocycles. The first-order valence-corrected chi connectivity index (χ1v) is 11.2. The van der Waals surface area contributed by atoms with Crippen LogP contribution in [0, 0.1) is 0 Å². The number of carbonyl (C=O) groups is 4. The first-order valence-electron chi connectivity index (χ1n) is 11.2. The molecule has 2 aliphatic heterocycles. The summed E-state index contributed by atoms with van der Waals surface area (Å²) in [5.41, 5.74) is 0.506. The molecule has 0 aromatic heterocycles. The Morgan fingerprint density at radius 3 is 2.33 bits per heavy atom. The van der Waals surface area contributed by atoms with Crippen LogP contribution in [0.25, 0.3) is 0 Å². The monoisotopic (exact) mass is 463 g/mol. The average molecular weight is 464 g/mol. The number of aliphatic carboxylic acids is 1. The van der Waals surface area contributed by atoms with Gasteiger partial charge in [0, 0.05) is 33.1 Å². The first-order chi connectivity index (χ1) is 15.8. The highest BCUT2D eigenvalue weighted by Crippen LogP contribution is 2.33. The van der Waals surface area contributed by atoms with Crippen LogP contribution in [-0.2, 0) is 19.1 Å². The van der Waals surface area contributed by atoms with Gasteiger partial charge in [-0.2, -0.15) is 0 Å². The van der Waals surface area contributed by atoms with E-state index in [4.69, 9.17) is 19.4 Å². The van der Waals surface area contributed by atoms with E-state index in [1.54, 1.807) is 30.0 Å². The molecule has 1 aromatic carbocycles. The highest BCUT2D eigenvalue weighted by molar-refractivity contribution is 6.23. The second-order valence-corrected chi connectivity index (χ2v) is 7.70. The maximum absolute atomic E-state index is 13.1. The van der Waals surface area contributed by atoms with Crippen LogP contribution < -0.4 is 9.64 Å². The summed E-state index contributed by atoms with van der Waals surface area (Å²) in [5.74, 6) is -0.735. The Balaban J connectivity index is 0.000000890. The largest absolute Gasteiger partial charge is 0.491 e. The molecule has 33 heavy (non-hydrogen) atoms. The number of para-hydroxylation sites is 2. The molecule has 3 rings (SSSR count). The number of carboxylic acid groups (broad SMARTS) is 1. The third-order valence-corrected chi connectivity index (χ3v) is 5.27. The quantitative estimate of drug-likeness (QED) is 0.484. The minimum atomic E-state index is -0.833. The number of hydrogen-bond acceptors (Lipinski definition) is 7. The topological polar surface area (TPSA) is 117 Å². The van der Waals surface area contributed by atoms with E-state index in [1.807, 2.05) is 11.0 Å².